The van der Waals surface area contributed by atoms with Crippen LogP contribution in [0.3, 0.4) is 0 Å². The van der Waals surface area contributed by atoms with Crippen LogP contribution in [0.4, 0.5) is 0 Å². The van der Waals surface area contributed by atoms with Gasteiger partial charge in [-0.2, -0.15) is 0 Å². The van der Waals surface area contributed by atoms with Gasteiger partial charge in [0.1, 0.15) is 8.24 Å². The van der Waals surface area contributed by atoms with Gasteiger partial charge in [-0.15, -0.1) is 0 Å². The topological polar surface area (TPSA) is 21.7 Å². The Hall–Kier alpha value is -0.466. The third kappa shape index (κ3) is 5.04. The van der Waals surface area contributed by atoms with Gasteiger partial charge < -0.3 is 13.4 Å². The Balaban J connectivity index is 3.40. The minimum Gasteiger partial charge on any atom is -0.397 e. The molecule has 1 aromatic rings. The largest absolute Gasteiger partial charge is 0.397 e. The second-order valence-corrected chi connectivity index (χ2v) is 17.5. The van der Waals surface area contributed by atoms with Crippen LogP contribution in [-0.2, 0) is 15.4 Å². The molecule has 144 valence electrons. The van der Waals surface area contributed by atoms with Crippen molar-refractivity contribution in [2.75, 3.05) is 20.4 Å². The zero-order valence-electron chi connectivity index (χ0n) is 17.8. The maximum Gasteiger partial charge on any atom is 0.348 e. The smallest absolute Gasteiger partial charge is 0.348 e. The molecular formula is C20H39NO2Si2. The van der Waals surface area contributed by atoms with Crippen molar-refractivity contribution in [2.24, 2.45) is 0 Å². The van der Waals surface area contributed by atoms with Crippen LogP contribution >= 0.6 is 0 Å². The second kappa shape index (κ2) is 9.46. The molecule has 0 aliphatic carbocycles. The highest BCUT2D eigenvalue weighted by atomic mass is 28.4. The molecule has 0 amide bonds. The zero-order valence-corrected chi connectivity index (χ0v) is 19.8. The molecule has 25 heavy (non-hydrogen) atoms. The summed E-state index contributed by atoms with van der Waals surface area (Å²) in [6, 6.07) is 10.9. The highest BCUT2D eigenvalue weighted by Gasteiger charge is 2.50. The van der Waals surface area contributed by atoms with E-state index in [1.165, 1.54) is 5.56 Å². The van der Waals surface area contributed by atoms with Crippen molar-refractivity contribution in [3.63, 3.8) is 0 Å². The van der Waals surface area contributed by atoms with Crippen molar-refractivity contribution in [3.05, 3.63) is 35.9 Å². The molecular weight excluding hydrogens is 342 g/mol. The third-order valence-electron chi connectivity index (χ3n) is 5.88. The lowest BCUT2D eigenvalue weighted by Gasteiger charge is -2.52. The first-order valence-electron chi connectivity index (χ1n) is 9.53. The van der Waals surface area contributed by atoms with Gasteiger partial charge in [-0.05, 0) is 28.7 Å². The number of benzene rings is 1. The van der Waals surface area contributed by atoms with E-state index in [0.717, 1.165) is 12.7 Å². The number of hydrogen-bond acceptors (Lipinski definition) is 3. The number of rotatable bonds is 10. The average Bonchev–Trinajstić information content (AvgIpc) is 2.55. The van der Waals surface area contributed by atoms with Gasteiger partial charge in [0.05, 0.1) is 0 Å². The first-order chi connectivity index (χ1) is 11.6. The molecule has 0 heterocycles. The average molecular weight is 382 g/mol. The van der Waals surface area contributed by atoms with Crippen LogP contribution in [-0.4, -0.2) is 41.7 Å². The fourth-order valence-corrected chi connectivity index (χ4v) is 14.6. The molecule has 0 spiro atoms. The third-order valence-corrected chi connectivity index (χ3v) is 15.8. The Morgan fingerprint density at radius 2 is 1.28 bits per heavy atom. The maximum atomic E-state index is 5.89. The fourth-order valence-electron chi connectivity index (χ4n) is 4.79. The van der Waals surface area contributed by atoms with Crippen molar-refractivity contribution in [1.82, 2.24) is 4.57 Å². The van der Waals surface area contributed by atoms with E-state index in [4.69, 9.17) is 8.85 Å². The molecule has 1 aromatic carbocycles. The summed E-state index contributed by atoms with van der Waals surface area (Å²) >= 11 is 0. The van der Waals surface area contributed by atoms with Gasteiger partial charge in [-0.25, -0.2) is 0 Å². The summed E-state index contributed by atoms with van der Waals surface area (Å²) in [7, 11) is -0.364. The molecule has 0 saturated heterocycles. The Morgan fingerprint density at radius 1 is 0.840 bits per heavy atom. The molecule has 0 unspecified atom stereocenters. The molecule has 0 radical (unpaired) electrons. The summed E-state index contributed by atoms with van der Waals surface area (Å²) in [6.45, 7) is 17.7. The highest BCUT2D eigenvalue weighted by molar-refractivity contribution is 6.82. The summed E-state index contributed by atoms with van der Waals surface area (Å²) in [5.74, 6) is 0. The standard InChI is InChI=1S/C20H39NO2Si2/c1-17(2)25(18(3)4,19(5)6)21(16-24(9,22-7)23-8)15-20-13-11-10-12-14-20/h10-14,17-19H,15-16H2,1-9H3. The molecule has 5 heteroatoms. The summed E-state index contributed by atoms with van der Waals surface area (Å²) in [6.07, 6.45) is 0.926. The van der Waals surface area contributed by atoms with E-state index in [0.29, 0.717) is 16.6 Å². The van der Waals surface area contributed by atoms with E-state index in [2.05, 4.69) is 83.0 Å². The lowest BCUT2D eigenvalue weighted by Crippen LogP contribution is -2.64. The Kier molecular flexibility index (Phi) is 8.55. The summed E-state index contributed by atoms with van der Waals surface area (Å²) in [4.78, 5) is 0. The van der Waals surface area contributed by atoms with Crippen molar-refractivity contribution in [3.8, 4) is 0 Å². The van der Waals surface area contributed by atoms with Crippen LogP contribution in [0.1, 0.15) is 47.1 Å². The van der Waals surface area contributed by atoms with Gasteiger partial charge in [0.15, 0.2) is 0 Å². The Bertz CT molecular complexity index is 480. The molecule has 0 N–H and O–H groups in total. The van der Waals surface area contributed by atoms with Gasteiger partial charge in [0.25, 0.3) is 0 Å². The van der Waals surface area contributed by atoms with Crippen LogP contribution in [0.15, 0.2) is 30.3 Å². The molecule has 0 aromatic heterocycles. The molecule has 0 bridgehead atoms. The van der Waals surface area contributed by atoms with Crippen LogP contribution in [0.2, 0.25) is 23.2 Å². The van der Waals surface area contributed by atoms with Crippen LogP contribution in [0.5, 0.6) is 0 Å². The van der Waals surface area contributed by atoms with Crippen molar-refractivity contribution >= 4 is 16.8 Å². The van der Waals surface area contributed by atoms with Gasteiger partial charge in [-0.3, -0.25) is 0 Å². The monoisotopic (exact) mass is 381 g/mol. The predicted octanol–water partition coefficient (Wildman–Crippen LogP) is 5.57. The molecule has 0 atom stereocenters. The van der Waals surface area contributed by atoms with E-state index < -0.39 is 16.8 Å². The number of hydrogen-bond donors (Lipinski definition) is 0. The molecule has 0 fully saturated rings. The minimum atomic E-state index is -2.20. The lowest BCUT2D eigenvalue weighted by molar-refractivity contribution is 0.230. The lowest BCUT2D eigenvalue weighted by atomic mass is 10.2. The Morgan fingerprint density at radius 3 is 1.64 bits per heavy atom. The molecule has 3 nitrogen and oxygen atoms in total. The molecule has 0 aliphatic heterocycles. The van der Waals surface area contributed by atoms with E-state index in [-0.39, 0.29) is 0 Å². The minimum absolute atomic E-state index is 0.670. The second-order valence-electron chi connectivity index (χ2n) is 8.24. The molecule has 0 aliphatic rings. The summed E-state index contributed by atoms with van der Waals surface area (Å²) < 4.78 is 14.6. The number of nitrogens with zero attached hydrogens (tertiary/aromatic N) is 1. The van der Waals surface area contributed by atoms with Crippen LogP contribution < -0.4 is 0 Å². The summed E-state index contributed by atoms with van der Waals surface area (Å²) in [5.41, 5.74) is 3.39. The Labute approximate surface area is 158 Å². The van der Waals surface area contributed by atoms with Crippen molar-refractivity contribution in [1.29, 1.82) is 0 Å². The highest BCUT2D eigenvalue weighted by Crippen LogP contribution is 2.45. The normalized spacial score (nSPS) is 13.5. The maximum absolute atomic E-state index is 5.89. The fraction of sp³-hybridized carbons (Fsp3) is 0.700. The van der Waals surface area contributed by atoms with Crippen molar-refractivity contribution < 1.29 is 8.85 Å². The SMILES string of the molecule is CO[Si](C)(CN(Cc1ccccc1)[Si](C(C)C)(C(C)C)C(C)C)OC. The summed E-state index contributed by atoms with van der Waals surface area (Å²) in [5, 5.41) is 0. The van der Waals surface area contributed by atoms with Crippen LogP contribution in [0, 0.1) is 0 Å². The van der Waals surface area contributed by atoms with E-state index in [1.54, 1.807) is 14.2 Å². The van der Waals surface area contributed by atoms with E-state index in [1.807, 2.05) is 0 Å². The zero-order chi connectivity index (χ0) is 19.3. The van der Waals surface area contributed by atoms with Crippen LogP contribution in [0.25, 0.3) is 0 Å². The van der Waals surface area contributed by atoms with Gasteiger partial charge in [-0.1, -0.05) is 71.9 Å². The van der Waals surface area contributed by atoms with Crippen molar-refractivity contribution in [2.45, 2.75) is 71.3 Å². The van der Waals surface area contributed by atoms with Gasteiger partial charge >= 0.3 is 8.56 Å². The first-order valence-corrected chi connectivity index (χ1v) is 14.2. The van der Waals surface area contributed by atoms with Gasteiger partial charge in [0, 0.05) is 26.9 Å². The quantitative estimate of drug-likeness (QED) is 0.495. The van der Waals surface area contributed by atoms with E-state index in [9.17, 15) is 0 Å². The van der Waals surface area contributed by atoms with Gasteiger partial charge in [0.2, 0.25) is 0 Å². The molecule has 1 rings (SSSR count). The predicted molar refractivity (Wildman–Crippen MR) is 114 cm³/mol. The first kappa shape index (κ1) is 22.6. The molecule has 0 saturated carbocycles. The van der Waals surface area contributed by atoms with E-state index >= 15 is 0 Å².